The number of aryl methyl sites for hydroxylation is 1. The molecule has 0 fully saturated rings. The molecule has 2 rings (SSSR count). The molecular formula is C14H11ClO4S. The lowest BCUT2D eigenvalue weighted by atomic mass is 10.2. The van der Waals surface area contributed by atoms with Crippen molar-refractivity contribution >= 4 is 27.0 Å². The number of benzene rings is 2. The van der Waals surface area contributed by atoms with E-state index in [0.29, 0.717) is 0 Å². The van der Waals surface area contributed by atoms with Crippen LogP contribution >= 0.6 is 11.6 Å². The summed E-state index contributed by atoms with van der Waals surface area (Å²) >= 11 is 5.30. The lowest BCUT2D eigenvalue weighted by Crippen LogP contribution is -2.09. The molecule has 0 atom stereocenters. The summed E-state index contributed by atoms with van der Waals surface area (Å²) in [5, 5.41) is -0.613. The smallest absolute Gasteiger partial charge is 0.339 e. The van der Waals surface area contributed by atoms with Crippen molar-refractivity contribution in [2.24, 2.45) is 0 Å². The van der Waals surface area contributed by atoms with E-state index in [-0.39, 0.29) is 16.2 Å². The summed E-state index contributed by atoms with van der Waals surface area (Å²) < 4.78 is 29.0. The van der Waals surface area contributed by atoms with E-state index in [0.717, 1.165) is 5.56 Å². The lowest BCUT2D eigenvalue weighted by molar-refractivity contribution is 0.108. The van der Waals surface area contributed by atoms with Gasteiger partial charge in [0.25, 0.3) is 5.24 Å². The van der Waals surface area contributed by atoms with Crippen molar-refractivity contribution in [1.82, 2.24) is 0 Å². The number of carbonyl (C=O) groups excluding carboxylic acids is 1. The maximum absolute atomic E-state index is 12.0. The monoisotopic (exact) mass is 310 g/mol. The molecule has 0 aliphatic carbocycles. The summed E-state index contributed by atoms with van der Waals surface area (Å²) in [6.45, 7) is 1.86. The van der Waals surface area contributed by atoms with Gasteiger partial charge in [0.05, 0.1) is 0 Å². The molecule has 0 saturated heterocycles. The normalized spacial score (nSPS) is 11.1. The van der Waals surface area contributed by atoms with E-state index in [2.05, 4.69) is 0 Å². The van der Waals surface area contributed by atoms with Gasteiger partial charge < -0.3 is 4.18 Å². The number of carbonyl (C=O) groups is 1. The standard InChI is InChI=1S/C14H11ClO4S/c1-10-2-8-13(9-3-10)20(17,18)19-12-6-4-11(5-7-12)14(15)16/h2-9H,1H3. The van der Waals surface area contributed by atoms with Gasteiger partial charge in [-0.3, -0.25) is 4.79 Å². The van der Waals surface area contributed by atoms with Crippen molar-refractivity contribution in [3.8, 4) is 5.75 Å². The molecule has 0 aliphatic rings. The molecule has 0 aromatic heterocycles. The Labute approximate surface area is 122 Å². The highest BCUT2D eigenvalue weighted by molar-refractivity contribution is 7.87. The molecule has 0 aliphatic heterocycles. The molecule has 0 radical (unpaired) electrons. The van der Waals surface area contributed by atoms with Gasteiger partial charge >= 0.3 is 10.1 Å². The number of hydrogen-bond donors (Lipinski definition) is 0. The van der Waals surface area contributed by atoms with Crippen LogP contribution in [0.2, 0.25) is 0 Å². The zero-order valence-corrected chi connectivity index (χ0v) is 12.1. The Kier molecular flexibility index (Phi) is 4.11. The van der Waals surface area contributed by atoms with Gasteiger partial charge in [0.2, 0.25) is 0 Å². The lowest BCUT2D eigenvalue weighted by Gasteiger charge is -2.07. The first-order chi connectivity index (χ1) is 9.38. The minimum Gasteiger partial charge on any atom is -0.379 e. The van der Waals surface area contributed by atoms with Crippen molar-refractivity contribution in [3.63, 3.8) is 0 Å². The third-order valence-electron chi connectivity index (χ3n) is 2.60. The highest BCUT2D eigenvalue weighted by atomic mass is 35.5. The molecule has 0 heterocycles. The maximum Gasteiger partial charge on any atom is 0.339 e. The summed E-state index contributed by atoms with van der Waals surface area (Å²) in [5.41, 5.74) is 1.22. The Balaban J connectivity index is 2.24. The van der Waals surface area contributed by atoms with Crippen LogP contribution in [0.5, 0.6) is 5.75 Å². The van der Waals surface area contributed by atoms with Crippen LogP contribution in [0.4, 0.5) is 0 Å². The van der Waals surface area contributed by atoms with Crippen LogP contribution in [0.3, 0.4) is 0 Å². The molecule has 104 valence electrons. The summed E-state index contributed by atoms with van der Waals surface area (Å²) in [7, 11) is -3.88. The van der Waals surface area contributed by atoms with Crippen molar-refractivity contribution in [1.29, 1.82) is 0 Å². The molecule has 0 unspecified atom stereocenters. The van der Waals surface area contributed by atoms with Gasteiger partial charge in [-0.1, -0.05) is 17.7 Å². The average Bonchev–Trinajstić information content (AvgIpc) is 2.39. The molecular weight excluding hydrogens is 300 g/mol. The summed E-state index contributed by atoms with van der Waals surface area (Å²) in [6.07, 6.45) is 0. The summed E-state index contributed by atoms with van der Waals surface area (Å²) in [4.78, 5) is 11.0. The van der Waals surface area contributed by atoms with Crippen LogP contribution in [0, 0.1) is 6.92 Å². The quantitative estimate of drug-likeness (QED) is 0.643. The molecule has 0 saturated carbocycles. The third-order valence-corrected chi connectivity index (χ3v) is 4.08. The van der Waals surface area contributed by atoms with E-state index in [1.54, 1.807) is 12.1 Å². The highest BCUT2D eigenvalue weighted by Gasteiger charge is 2.16. The van der Waals surface area contributed by atoms with E-state index < -0.39 is 15.4 Å². The first-order valence-corrected chi connectivity index (χ1v) is 7.48. The molecule has 2 aromatic carbocycles. The van der Waals surface area contributed by atoms with Crippen LogP contribution < -0.4 is 4.18 Å². The van der Waals surface area contributed by atoms with E-state index >= 15 is 0 Å². The number of hydrogen-bond acceptors (Lipinski definition) is 4. The molecule has 0 spiro atoms. The summed E-state index contributed by atoms with van der Waals surface area (Å²) in [6, 6.07) is 11.9. The van der Waals surface area contributed by atoms with Gasteiger partial charge in [0.15, 0.2) is 0 Å². The first kappa shape index (κ1) is 14.6. The van der Waals surface area contributed by atoms with Crippen molar-refractivity contribution in [2.75, 3.05) is 0 Å². The van der Waals surface area contributed by atoms with E-state index in [9.17, 15) is 13.2 Å². The summed E-state index contributed by atoms with van der Waals surface area (Å²) in [5.74, 6) is 0.118. The van der Waals surface area contributed by atoms with Gasteiger partial charge in [-0.2, -0.15) is 8.42 Å². The van der Waals surface area contributed by atoms with Gasteiger partial charge in [-0.25, -0.2) is 0 Å². The van der Waals surface area contributed by atoms with Crippen LogP contribution in [0.15, 0.2) is 53.4 Å². The van der Waals surface area contributed by atoms with Crippen LogP contribution in [-0.4, -0.2) is 13.7 Å². The molecule has 2 aromatic rings. The second-order valence-corrected chi connectivity index (χ2v) is 6.04. The van der Waals surface area contributed by atoms with E-state index in [1.165, 1.54) is 36.4 Å². The molecule has 0 N–H and O–H groups in total. The Morgan fingerprint density at radius 2 is 1.55 bits per heavy atom. The number of halogens is 1. The Hall–Kier alpha value is -1.85. The first-order valence-electron chi connectivity index (χ1n) is 5.69. The minimum atomic E-state index is -3.88. The van der Waals surface area contributed by atoms with Crippen LogP contribution in [0.25, 0.3) is 0 Å². The Bertz CT molecular complexity index is 719. The predicted molar refractivity (Wildman–Crippen MR) is 75.6 cm³/mol. The largest absolute Gasteiger partial charge is 0.379 e. The molecule has 0 amide bonds. The van der Waals surface area contributed by atoms with Gasteiger partial charge in [-0.05, 0) is 54.9 Å². The molecule has 20 heavy (non-hydrogen) atoms. The second kappa shape index (κ2) is 5.64. The van der Waals surface area contributed by atoms with Crippen molar-refractivity contribution in [2.45, 2.75) is 11.8 Å². The fourth-order valence-electron chi connectivity index (χ4n) is 1.52. The van der Waals surface area contributed by atoms with Crippen molar-refractivity contribution in [3.05, 3.63) is 59.7 Å². The van der Waals surface area contributed by atoms with Gasteiger partial charge in [0.1, 0.15) is 10.6 Å². The third kappa shape index (κ3) is 3.37. The SMILES string of the molecule is Cc1ccc(S(=O)(=O)Oc2ccc(C(=O)Cl)cc2)cc1. The Morgan fingerprint density at radius 1 is 1.00 bits per heavy atom. The van der Waals surface area contributed by atoms with Gasteiger partial charge in [-0.15, -0.1) is 0 Å². The van der Waals surface area contributed by atoms with E-state index in [1.807, 2.05) is 6.92 Å². The van der Waals surface area contributed by atoms with Crippen LogP contribution in [-0.2, 0) is 10.1 Å². The maximum atomic E-state index is 12.0. The van der Waals surface area contributed by atoms with Gasteiger partial charge in [0, 0.05) is 5.56 Å². The van der Waals surface area contributed by atoms with Crippen LogP contribution in [0.1, 0.15) is 15.9 Å². The van der Waals surface area contributed by atoms with Crippen molar-refractivity contribution < 1.29 is 17.4 Å². The molecule has 6 heteroatoms. The molecule has 0 bridgehead atoms. The zero-order valence-electron chi connectivity index (χ0n) is 10.5. The highest BCUT2D eigenvalue weighted by Crippen LogP contribution is 2.20. The van der Waals surface area contributed by atoms with E-state index in [4.69, 9.17) is 15.8 Å². The zero-order chi connectivity index (χ0) is 14.8. The fourth-order valence-corrected chi connectivity index (χ4v) is 2.58. The topological polar surface area (TPSA) is 60.4 Å². The second-order valence-electron chi connectivity index (χ2n) is 4.15. The molecule has 4 nitrogen and oxygen atoms in total. The Morgan fingerprint density at radius 3 is 2.05 bits per heavy atom. The average molecular weight is 311 g/mol. The number of rotatable bonds is 4. The predicted octanol–water partition coefficient (Wildman–Crippen LogP) is 3.14. The minimum absolute atomic E-state index is 0.0700. The fraction of sp³-hybridized carbons (Fsp3) is 0.0714.